The Kier molecular flexibility index (Phi) is 2.73. The van der Waals surface area contributed by atoms with Crippen LogP contribution in [0.5, 0.6) is 0 Å². The van der Waals surface area contributed by atoms with E-state index in [0.29, 0.717) is 0 Å². The van der Waals surface area contributed by atoms with Crippen molar-refractivity contribution in [2.45, 2.75) is 32.3 Å². The number of aliphatic imine (C=N–C) groups is 1. The predicted molar refractivity (Wildman–Crippen MR) is 62.6 cm³/mol. The third-order valence-corrected chi connectivity index (χ3v) is 2.81. The molecule has 0 saturated carbocycles. The summed E-state index contributed by atoms with van der Waals surface area (Å²) in [6.07, 6.45) is 2.34. The Morgan fingerprint density at radius 1 is 1.47 bits per heavy atom. The Morgan fingerprint density at radius 3 is 3.07 bits per heavy atom. The van der Waals surface area contributed by atoms with E-state index in [2.05, 4.69) is 4.99 Å². The van der Waals surface area contributed by atoms with Crippen LogP contribution in [0.25, 0.3) is 0 Å². The largest absolute Gasteiger partial charge is 0.399 e. The molecule has 0 saturated heterocycles. The van der Waals surface area contributed by atoms with Gasteiger partial charge in [0.15, 0.2) is 0 Å². The standard InChI is InChI=1S/C12H16N2O/c1-8-12(15)4-2-3-9-5-6-10(13)7-11(9)14-8/h5-7,12,15H,2-4,13H2,1H3. The van der Waals surface area contributed by atoms with E-state index in [1.165, 1.54) is 5.56 Å². The lowest BCUT2D eigenvalue weighted by atomic mass is 10.00. The van der Waals surface area contributed by atoms with Gasteiger partial charge in [-0.1, -0.05) is 6.07 Å². The predicted octanol–water partition coefficient (Wildman–Crippen LogP) is 2.06. The number of fused-ring (bicyclic) bond motifs is 1. The molecule has 3 N–H and O–H groups in total. The van der Waals surface area contributed by atoms with Gasteiger partial charge in [-0.3, -0.25) is 4.99 Å². The number of anilines is 1. The zero-order chi connectivity index (χ0) is 10.8. The first kappa shape index (κ1) is 10.2. The molecule has 1 heterocycles. The molecule has 0 amide bonds. The summed E-state index contributed by atoms with van der Waals surface area (Å²) in [4.78, 5) is 4.43. The molecule has 0 spiro atoms. The van der Waals surface area contributed by atoms with Crippen molar-refractivity contribution < 1.29 is 5.11 Å². The maximum atomic E-state index is 9.72. The second-order valence-electron chi connectivity index (χ2n) is 4.05. The number of benzene rings is 1. The van der Waals surface area contributed by atoms with E-state index in [0.717, 1.165) is 36.3 Å². The monoisotopic (exact) mass is 204 g/mol. The van der Waals surface area contributed by atoms with E-state index in [1.54, 1.807) is 0 Å². The highest BCUT2D eigenvalue weighted by atomic mass is 16.3. The van der Waals surface area contributed by atoms with Crippen LogP contribution < -0.4 is 5.73 Å². The van der Waals surface area contributed by atoms with Crippen molar-refractivity contribution in [2.75, 3.05) is 5.73 Å². The number of aliphatic hydroxyl groups is 1. The summed E-state index contributed by atoms with van der Waals surface area (Å²) >= 11 is 0. The zero-order valence-corrected chi connectivity index (χ0v) is 8.90. The average Bonchev–Trinajstić information content (AvgIpc) is 2.19. The van der Waals surface area contributed by atoms with Gasteiger partial charge < -0.3 is 10.8 Å². The molecule has 1 aliphatic heterocycles. The molecule has 3 nitrogen and oxygen atoms in total. The molecule has 1 atom stereocenters. The maximum Gasteiger partial charge on any atom is 0.0918 e. The summed E-state index contributed by atoms with van der Waals surface area (Å²) in [5, 5.41) is 9.72. The van der Waals surface area contributed by atoms with Gasteiger partial charge >= 0.3 is 0 Å². The number of aryl methyl sites for hydroxylation is 1. The van der Waals surface area contributed by atoms with Crippen LogP contribution in [0, 0.1) is 0 Å². The van der Waals surface area contributed by atoms with Crippen LogP contribution in [0.3, 0.4) is 0 Å². The highest BCUT2D eigenvalue weighted by molar-refractivity contribution is 5.89. The maximum absolute atomic E-state index is 9.72. The van der Waals surface area contributed by atoms with E-state index < -0.39 is 6.10 Å². The lowest BCUT2D eigenvalue weighted by molar-refractivity contribution is 0.226. The van der Waals surface area contributed by atoms with Gasteiger partial charge in [-0.25, -0.2) is 0 Å². The number of nitrogen functional groups attached to an aromatic ring is 1. The molecule has 1 unspecified atom stereocenters. The molecule has 1 aliphatic rings. The van der Waals surface area contributed by atoms with Gasteiger partial charge in [-0.15, -0.1) is 0 Å². The average molecular weight is 204 g/mol. The van der Waals surface area contributed by atoms with Gasteiger partial charge in [-0.05, 0) is 43.9 Å². The fourth-order valence-electron chi connectivity index (χ4n) is 1.86. The van der Waals surface area contributed by atoms with Gasteiger partial charge in [0.1, 0.15) is 0 Å². The topological polar surface area (TPSA) is 58.6 Å². The highest BCUT2D eigenvalue weighted by Gasteiger charge is 2.13. The number of nitrogens with two attached hydrogens (primary N) is 1. The van der Waals surface area contributed by atoms with E-state index in [4.69, 9.17) is 5.73 Å². The van der Waals surface area contributed by atoms with Gasteiger partial charge in [0, 0.05) is 11.4 Å². The molecule has 1 aromatic carbocycles. The van der Waals surface area contributed by atoms with E-state index in [9.17, 15) is 5.11 Å². The van der Waals surface area contributed by atoms with Gasteiger partial charge in [0.25, 0.3) is 0 Å². The molecule has 0 aromatic heterocycles. The summed E-state index contributed by atoms with van der Waals surface area (Å²) in [6.45, 7) is 1.86. The Labute approximate surface area is 89.6 Å². The van der Waals surface area contributed by atoms with Crippen molar-refractivity contribution in [2.24, 2.45) is 4.99 Å². The van der Waals surface area contributed by atoms with Crippen molar-refractivity contribution in [3.63, 3.8) is 0 Å². The number of hydrogen-bond acceptors (Lipinski definition) is 3. The number of hydrogen-bond donors (Lipinski definition) is 2. The molecule has 0 fully saturated rings. The summed E-state index contributed by atoms with van der Waals surface area (Å²) in [5.41, 5.74) is 9.35. The Balaban J connectivity index is 2.46. The van der Waals surface area contributed by atoms with Gasteiger partial charge in [0.2, 0.25) is 0 Å². The van der Waals surface area contributed by atoms with Crippen LogP contribution in [-0.2, 0) is 6.42 Å². The first-order chi connectivity index (χ1) is 7.16. The lowest BCUT2D eigenvalue weighted by Crippen LogP contribution is -2.18. The van der Waals surface area contributed by atoms with Crippen LogP contribution >= 0.6 is 0 Å². The molecule has 0 aliphatic carbocycles. The van der Waals surface area contributed by atoms with Crippen LogP contribution in [0.1, 0.15) is 25.3 Å². The van der Waals surface area contributed by atoms with Crippen molar-refractivity contribution in [1.29, 1.82) is 0 Å². The first-order valence-corrected chi connectivity index (χ1v) is 5.28. The summed E-state index contributed by atoms with van der Waals surface area (Å²) < 4.78 is 0. The summed E-state index contributed by atoms with van der Waals surface area (Å²) in [5.74, 6) is 0. The molecule has 0 bridgehead atoms. The van der Waals surface area contributed by atoms with Gasteiger partial charge in [0.05, 0.1) is 11.8 Å². The minimum Gasteiger partial charge on any atom is -0.399 e. The van der Waals surface area contributed by atoms with E-state index in [-0.39, 0.29) is 0 Å². The second kappa shape index (κ2) is 4.03. The van der Waals surface area contributed by atoms with Crippen molar-refractivity contribution in [3.8, 4) is 0 Å². The van der Waals surface area contributed by atoms with Crippen molar-refractivity contribution >= 4 is 17.1 Å². The minimum absolute atomic E-state index is 0.403. The molecular formula is C12H16N2O. The molecular weight excluding hydrogens is 188 g/mol. The third-order valence-electron chi connectivity index (χ3n) is 2.81. The minimum atomic E-state index is -0.403. The zero-order valence-electron chi connectivity index (χ0n) is 8.90. The molecule has 80 valence electrons. The van der Waals surface area contributed by atoms with Crippen LogP contribution in [-0.4, -0.2) is 16.9 Å². The highest BCUT2D eigenvalue weighted by Crippen LogP contribution is 2.26. The van der Waals surface area contributed by atoms with Crippen molar-refractivity contribution in [1.82, 2.24) is 0 Å². The summed E-state index contributed by atoms with van der Waals surface area (Å²) in [6, 6.07) is 5.80. The first-order valence-electron chi connectivity index (χ1n) is 5.28. The normalized spacial score (nSPS) is 21.2. The summed E-state index contributed by atoms with van der Waals surface area (Å²) in [7, 11) is 0. The lowest BCUT2D eigenvalue weighted by Gasteiger charge is -2.16. The van der Waals surface area contributed by atoms with Crippen molar-refractivity contribution in [3.05, 3.63) is 23.8 Å². The number of rotatable bonds is 0. The van der Waals surface area contributed by atoms with Crippen LogP contribution in [0.4, 0.5) is 11.4 Å². The quantitative estimate of drug-likeness (QED) is 0.635. The molecule has 1 aromatic rings. The molecule has 0 radical (unpaired) electrons. The number of nitrogens with zero attached hydrogens (tertiary/aromatic N) is 1. The number of aliphatic hydroxyl groups excluding tert-OH is 1. The Morgan fingerprint density at radius 2 is 2.27 bits per heavy atom. The second-order valence-corrected chi connectivity index (χ2v) is 4.05. The van der Waals surface area contributed by atoms with Gasteiger partial charge in [-0.2, -0.15) is 0 Å². The third kappa shape index (κ3) is 2.18. The molecule has 15 heavy (non-hydrogen) atoms. The smallest absolute Gasteiger partial charge is 0.0918 e. The Bertz CT molecular complexity index is 399. The fraction of sp³-hybridized carbons (Fsp3) is 0.417. The molecule has 3 heteroatoms. The van der Waals surface area contributed by atoms with E-state index in [1.807, 2.05) is 25.1 Å². The molecule has 2 rings (SSSR count). The SMILES string of the molecule is CC1=Nc2cc(N)ccc2CCCC1O. The van der Waals surface area contributed by atoms with Crippen LogP contribution in [0.2, 0.25) is 0 Å². The van der Waals surface area contributed by atoms with Crippen LogP contribution in [0.15, 0.2) is 23.2 Å². The fourth-order valence-corrected chi connectivity index (χ4v) is 1.86. The Hall–Kier alpha value is -1.35. The van der Waals surface area contributed by atoms with E-state index >= 15 is 0 Å².